The van der Waals surface area contributed by atoms with E-state index in [0.29, 0.717) is 13.0 Å². The van der Waals surface area contributed by atoms with Gasteiger partial charge in [-0.05, 0) is 32.8 Å². The van der Waals surface area contributed by atoms with Crippen molar-refractivity contribution in [3.05, 3.63) is 18.5 Å². The highest BCUT2D eigenvalue weighted by molar-refractivity contribution is 5.78. The summed E-state index contributed by atoms with van der Waals surface area (Å²) in [7, 11) is 1.67. The fourth-order valence-corrected chi connectivity index (χ4v) is 1.75. The van der Waals surface area contributed by atoms with Crippen molar-refractivity contribution >= 4 is 12.0 Å². The van der Waals surface area contributed by atoms with Gasteiger partial charge in [-0.25, -0.2) is 9.48 Å². The molecule has 0 unspecified atom stereocenters. The normalized spacial score (nSPS) is 12.8. The van der Waals surface area contributed by atoms with E-state index in [1.807, 2.05) is 27.7 Å². The molecule has 1 aromatic heterocycles. The van der Waals surface area contributed by atoms with Crippen molar-refractivity contribution in [3.8, 4) is 0 Å². The Morgan fingerprint density at radius 2 is 2.05 bits per heavy atom. The van der Waals surface area contributed by atoms with Crippen molar-refractivity contribution in [1.82, 2.24) is 14.7 Å². The maximum atomic E-state index is 11.9. The van der Waals surface area contributed by atoms with Crippen LogP contribution in [0.4, 0.5) is 4.79 Å². The summed E-state index contributed by atoms with van der Waals surface area (Å²) in [6, 6.07) is 1.70. The van der Waals surface area contributed by atoms with Gasteiger partial charge < -0.3 is 9.64 Å². The minimum atomic E-state index is -0.514. The largest absolute Gasteiger partial charge is 0.444 e. The Labute approximate surface area is 119 Å². The molecule has 0 saturated heterocycles. The number of nitrogens with zero attached hydrogens (tertiary/aromatic N) is 3. The van der Waals surface area contributed by atoms with Crippen molar-refractivity contribution in [2.75, 3.05) is 13.6 Å². The molecule has 0 aliphatic heterocycles. The SMILES string of the molecule is C[C@@H](CC(=O)n1cccn1)CN(C)C(=O)OC(C)(C)C. The summed E-state index contributed by atoms with van der Waals surface area (Å²) < 4.78 is 6.57. The molecule has 112 valence electrons. The van der Waals surface area contributed by atoms with Crippen LogP contribution in [0.2, 0.25) is 0 Å². The number of hydrogen-bond acceptors (Lipinski definition) is 4. The number of ether oxygens (including phenoxy) is 1. The van der Waals surface area contributed by atoms with Crippen LogP contribution in [-0.2, 0) is 4.74 Å². The first-order chi connectivity index (χ1) is 9.19. The van der Waals surface area contributed by atoms with Gasteiger partial charge in [-0.15, -0.1) is 0 Å². The third-order valence-electron chi connectivity index (χ3n) is 2.57. The molecule has 6 heteroatoms. The number of rotatable bonds is 4. The van der Waals surface area contributed by atoms with Crippen molar-refractivity contribution in [2.45, 2.75) is 39.7 Å². The molecule has 20 heavy (non-hydrogen) atoms. The third kappa shape index (κ3) is 5.42. The second kappa shape index (κ2) is 6.54. The second-order valence-electron chi connectivity index (χ2n) is 6.01. The Morgan fingerprint density at radius 3 is 2.55 bits per heavy atom. The van der Waals surface area contributed by atoms with E-state index in [-0.39, 0.29) is 17.9 Å². The topological polar surface area (TPSA) is 64.4 Å². The van der Waals surface area contributed by atoms with Crippen LogP contribution in [0.15, 0.2) is 18.5 Å². The van der Waals surface area contributed by atoms with Gasteiger partial charge in [-0.1, -0.05) is 6.92 Å². The van der Waals surface area contributed by atoms with Gasteiger partial charge in [0.15, 0.2) is 0 Å². The van der Waals surface area contributed by atoms with E-state index >= 15 is 0 Å². The Bertz CT molecular complexity index is 449. The van der Waals surface area contributed by atoms with Crippen molar-refractivity contribution in [1.29, 1.82) is 0 Å². The van der Waals surface area contributed by atoms with E-state index in [1.165, 1.54) is 9.58 Å². The number of carbonyl (C=O) groups is 2. The summed E-state index contributed by atoms with van der Waals surface area (Å²) in [5.41, 5.74) is -0.514. The maximum absolute atomic E-state index is 11.9. The summed E-state index contributed by atoms with van der Waals surface area (Å²) in [4.78, 5) is 25.2. The molecule has 1 aromatic rings. The van der Waals surface area contributed by atoms with Crippen LogP contribution in [0.5, 0.6) is 0 Å². The highest BCUT2D eigenvalue weighted by atomic mass is 16.6. The standard InChI is InChI=1S/C14H23N3O3/c1-11(9-12(18)17-8-6-7-15-17)10-16(5)13(19)20-14(2,3)4/h6-8,11H,9-10H2,1-5H3/t11-/m0/s1. The first-order valence-corrected chi connectivity index (χ1v) is 6.66. The number of amides is 1. The van der Waals surface area contributed by atoms with Crippen molar-refractivity contribution < 1.29 is 14.3 Å². The smallest absolute Gasteiger partial charge is 0.410 e. The molecule has 0 radical (unpaired) electrons. The predicted molar refractivity (Wildman–Crippen MR) is 75.5 cm³/mol. The van der Waals surface area contributed by atoms with Gasteiger partial charge in [0.1, 0.15) is 5.60 Å². The number of aromatic nitrogens is 2. The first-order valence-electron chi connectivity index (χ1n) is 6.66. The van der Waals surface area contributed by atoms with Gasteiger partial charge >= 0.3 is 6.09 Å². The maximum Gasteiger partial charge on any atom is 0.410 e. The van der Waals surface area contributed by atoms with E-state index in [4.69, 9.17) is 4.74 Å². The van der Waals surface area contributed by atoms with Gasteiger partial charge in [0.25, 0.3) is 0 Å². The highest BCUT2D eigenvalue weighted by Crippen LogP contribution is 2.11. The second-order valence-corrected chi connectivity index (χ2v) is 6.01. The molecular weight excluding hydrogens is 258 g/mol. The summed E-state index contributed by atoms with van der Waals surface area (Å²) in [6.07, 6.45) is 3.13. The minimum absolute atomic E-state index is 0.0317. The van der Waals surface area contributed by atoms with E-state index in [0.717, 1.165) is 0 Å². The lowest BCUT2D eigenvalue weighted by atomic mass is 10.1. The Hall–Kier alpha value is -1.85. The van der Waals surface area contributed by atoms with Gasteiger partial charge in [-0.2, -0.15) is 5.10 Å². The van der Waals surface area contributed by atoms with Crippen LogP contribution in [0.25, 0.3) is 0 Å². The Balaban J connectivity index is 2.43. The zero-order valence-electron chi connectivity index (χ0n) is 12.8. The van der Waals surface area contributed by atoms with E-state index in [2.05, 4.69) is 5.10 Å². The quantitative estimate of drug-likeness (QED) is 0.850. The Morgan fingerprint density at radius 1 is 1.40 bits per heavy atom. The summed E-state index contributed by atoms with van der Waals surface area (Å²) >= 11 is 0. The fraction of sp³-hybridized carbons (Fsp3) is 0.643. The number of hydrogen-bond donors (Lipinski definition) is 0. The molecule has 0 aliphatic rings. The molecule has 1 heterocycles. The molecule has 0 spiro atoms. The van der Waals surface area contributed by atoms with Crippen LogP contribution in [0.3, 0.4) is 0 Å². The fourth-order valence-electron chi connectivity index (χ4n) is 1.75. The summed E-state index contributed by atoms with van der Waals surface area (Å²) in [6.45, 7) is 7.85. The molecule has 0 fully saturated rings. The molecule has 0 aromatic carbocycles. The Kier molecular flexibility index (Phi) is 5.30. The predicted octanol–water partition coefficient (Wildman–Crippen LogP) is 2.42. The summed E-state index contributed by atoms with van der Waals surface area (Å²) in [5, 5.41) is 3.89. The monoisotopic (exact) mass is 281 g/mol. The van der Waals surface area contributed by atoms with E-state index < -0.39 is 5.60 Å². The molecule has 6 nitrogen and oxygen atoms in total. The molecular formula is C14H23N3O3. The van der Waals surface area contributed by atoms with Crippen LogP contribution >= 0.6 is 0 Å². The lowest BCUT2D eigenvalue weighted by molar-refractivity contribution is 0.0271. The highest BCUT2D eigenvalue weighted by Gasteiger charge is 2.21. The van der Waals surface area contributed by atoms with Crippen LogP contribution < -0.4 is 0 Å². The van der Waals surface area contributed by atoms with Gasteiger partial charge in [0.05, 0.1) is 0 Å². The van der Waals surface area contributed by atoms with E-state index in [1.54, 1.807) is 25.5 Å². The lowest BCUT2D eigenvalue weighted by Gasteiger charge is -2.26. The zero-order chi connectivity index (χ0) is 15.3. The minimum Gasteiger partial charge on any atom is -0.444 e. The van der Waals surface area contributed by atoms with Crippen LogP contribution in [0.1, 0.15) is 38.9 Å². The molecule has 1 atom stereocenters. The van der Waals surface area contributed by atoms with Gasteiger partial charge in [0.2, 0.25) is 5.91 Å². The van der Waals surface area contributed by atoms with Crippen LogP contribution in [-0.4, -0.2) is 45.9 Å². The average molecular weight is 281 g/mol. The molecule has 0 aliphatic carbocycles. The van der Waals surface area contributed by atoms with Crippen molar-refractivity contribution in [3.63, 3.8) is 0 Å². The van der Waals surface area contributed by atoms with Crippen LogP contribution in [0, 0.1) is 5.92 Å². The average Bonchev–Trinajstić information content (AvgIpc) is 2.79. The molecule has 0 N–H and O–H groups in total. The molecule has 1 amide bonds. The molecule has 0 bridgehead atoms. The molecule has 1 rings (SSSR count). The third-order valence-corrected chi connectivity index (χ3v) is 2.57. The lowest BCUT2D eigenvalue weighted by Crippen LogP contribution is -2.37. The zero-order valence-corrected chi connectivity index (χ0v) is 12.8. The van der Waals surface area contributed by atoms with Gasteiger partial charge in [0, 0.05) is 32.4 Å². The van der Waals surface area contributed by atoms with Crippen molar-refractivity contribution in [2.24, 2.45) is 5.92 Å². The summed E-state index contributed by atoms with van der Waals surface area (Å²) in [5.74, 6) is -0.0516. The molecule has 0 saturated carbocycles. The van der Waals surface area contributed by atoms with E-state index in [9.17, 15) is 9.59 Å². The van der Waals surface area contributed by atoms with Gasteiger partial charge in [-0.3, -0.25) is 4.79 Å². The number of carbonyl (C=O) groups excluding carboxylic acids is 2. The first kappa shape index (κ1) is 16.2.